The van der Waals surface area contributed by atoms with Crippen LogP contribution in [0.25, 0.3) is 0 Å². The second-order valence-electron chi connectivity index (χ2n) is 3.08. The summed E-state index contributed by atoms with van der Waals surface area (Å²) in [5.41, 5.74) is 7.33. The summed E-state index contributed by atoms with van der Waals surface area (Å²) in [6.45, 7) is 1.73. The van der Waals surface area contributed by atoms with Crippen molar-refractivity contribution in [3.63, 3.8) is 0 Å². The number of nitriles is 1. The number of aliphatic hydroxyl groups is 2. The normalized spacial score (nSPS) is 14.4. The molecule has 0 amide bonds. The van der Waals surface area contributed by atoms with Gasteiger partial charge in [-0.1, -0.05) is 12.1 Å². The number of anilines is 1. The van der Waals surface area contributed by atoms with Crippen LogP contribution in [0.4, 0.5) is 5.69 Å². The summed E-state index contributed by atoms with van der Waals surface area (Å²) in [5, 5.41) is 27.1. The molecule has 4 N–H and O–H groups in total. The van der Waals surface area contributed by atoms with E-state index in [-0.39, 0.29) is 0 Å². The second kappa shape index (κ2) is 4.09. The van der Waals surface area contributed by atoms with E-state index in [0.717, 1.165) is 0 Å². The molecule has 0 heterocycles. The SMILES string of the molecule is Cc1c(N)cccc1C(O)C(O)C#N. The fourth-order valence-electron chi connectivity index (χ4n) is 1.23. The van der Waals surface area contributed by atoms with Crippen LogP contribution in [0, 0.1) is 18.3 Å². The van der Waals surface area contributed by atoms with Crippen molar-refractivity contribution in [2.24, 2.45) is 0 Å². The van der Waals surface area contributed by atoms with Gasteiger partial charge in [-0.3, -0.25) is 0 Å². The van der Waals surface area contributed by atoms with Gasteiger partial charge in [0, 0.05) is 5.69 Å². The maximum Gasteiger partial charge on any atom is 0.170 e. The Labute approximate surface area is 82.2 Å². The largest absolute Gasteiger partial charge is 0.399 e. The molecule has 0 aromatic heterocycles. The Balaban J connectivity index is 3.08. The predicted octanol–water partition coefficient (Wildman–Crippen LogP) is 0.495. The standard InChI is InChI=1S/C10H12N2O2/c1-6-7(3-2-4-8(6)12)10(14)9(13)5-11/h2-4,9-10,13-14H,12H2,1H3. The van der Waals surface area contributed by atoms with Gasteiger partial charge < -0.3 is 15.9 Å². The minimum Gasteiger partial charge on any atom is -0.399 e. The molecule has 0 aliphatic heterocycles. The number of rotatable bonds is 2. The van der Waals surface area contributed by atoms with Gasteiger partial charge in [0.05, 0.1) is 6.07 Å². The van der Waals surface area contributed by atoms with Crippen LogP contribution in [0.2, 0.25) is 0 Å². The molecule has 4 nitrogen and oxygen atoms in total. The van der Waals surface area contributed by atoms with E-state index < -0.39 is 12.2 Å². The van der Waals surface area contributed by atoms with Crippen molar-refractivity contribution < 1.29 is 10.2 Å². The lowest BCUT2D eigenvalue weighted by Crippen LogP contribution is -2.17. The fourth-order valence-corrected chi connectivity index (χ4v) is 1.23. The smallest absolute Gasteiger partial charge is 0.170 e. The molecule has 74 valence electrons. The van der Waals surface area contributed by atoms with Crippen molar-refractivity contribution >= 4 is 5.69 Å². The van der Waals surface area contributed by atoms with Gasteiger partial charge in [0.25, 0.3) is 0 Å². The molecular formula is C10H12N2O2. The summed E-state index contributed by atoms with van der Waals surface area (Å²) in [6.07, 6.45) is -2.63. The van der Waals surface area contributed by atoms with Crippen LogP contribution < -0.4 is 5.73 Å². The number of aliphatic hydroxyl groups excluding tert-OH is 2. The molecule has 1 rings (SSSR count). The zero-order valence-electron chi connectivity index (χ0n) is 7.81. The third-order valence-electron chi connectivity index (χ3n) is 2.17. The second-order valence-corrected chi connectivity index (χ2v) is 3.08. The molecule has 0 bridgehead atoms. The van der Waals surface area contributed by atoms with Gasteiger partial charge in [0.2, 0.25) is 0 Å². The third kappa shape index (κ3) is 1.84. The number of hydrogen-bond acceptors (Lipinski definition) is 4. The molecule has 0 saturated heterocycles. The highest BCUT2D eigenvalue weighted by molar-refractivity contribution is 5.51. The van der Waals surface area contributed by atoms with Crippen LogP contribution in [0.5, 0.6) is 0 Å². The lowest BCUT2D eigenvalue weighted by molar-refractivity contribution is 0.0524. The Morgan fingerprint density at radius 3 is 2.64 bits per heavy atom. The molecule has 0 saturated carbocycles. The Morgan fingerprint density at radius 2 is 2.07 bits per heavy atom. The lowest BCUT2D eigenvalue weighted by Gasteiger charge is -2.15. The molecule has 0 aliphatic carbocycles. The minimum absolute atomic E-state index is 0.485. The van der Waals surface area contributed by atoms with Crippen LogP contribution in [0.1, 0.15) is 17.2 Å². The van der Waals surface area contributed by atoms with E-state index in [2.05, 4.69) is 0 Å². The van der Waals surface area contributed by atoms with E-state index >= 15 is 0 Å². The van der Waals surface area contributed by atoms with Crippen molar-refractivity contribution in [3.8, 4) is 6.07 Å². The topological polar surface area (TPSA) is 90.3 Å². The summed E-state index contributed by atoms with van der Waals surface area (Å²) in [5.74, 6) is 0. The molecular weight excluding hydrogens is 180 g/mol. The molecule has 14 heavy (non-hydrogen) atoms. The number of nitrogens with two attached hydrogens (primary N) is 1. The van der Waals surface area contributed by atoms with E-state index in [9.17, 15) is 5.11 Å². The van der Waals surface area contributed by atoms with E-state index in [1.54, 1.807) is 31.2 Å². The van der Waals surface area contributed by atoms with Crippen LogP contribution in [-0.2, 0) is 0 Å². The first-order valence-corrected chi connectivity index (χ1v) is 4.18. The quantitative estimate of drug-likeness (QED) is 0.470. The highest BCUT2D eigenvalue weighted by atomic mass is 16.3. The Morgan fingerprint density at radius 1 is 1.43 bits per heavy atom. The third-order valence-corrected chi connectivity index (χ3v) is 2.17. The van der Waals surface area contributed by atoms with Crippen LogP contribution in [-0.4, -0.2) is 16.3 Å². The van der Waals surface area contributed by atoms with E-state index in [1.165, 1.54) is 0 Å². The van der Waals surface area contributed by atoms with Gasteiger partial charge in [-0.25, -0.2) is 0 Å². The van der Waals surface area contributed by atoms with Gasteiger partial charge in [0.1, 0.15) is 6.10 Å². The average Bonchev–Trinajstić information content (AvgIpc) is 2.20. The summed E-state index contributed by atoms with van der Waals surface area (Å²) in [4.78, 5) is 0. The molecule has 4 heteroatoms. The zero-order valence-corrected chi connectivity index (χ0v) is 7.81. The van der Waals surface area contributed by atoms with Gasteiger partial charge >= 0.3 is 0 Å². The van der Waals surface area contributed by atoms with E-state index in [0.29, 0.717) is 16.8 Å². The van der Waals surface area contributed by atoms with Gasteiger partial charge in [0.15, 0.2) is 6.10 Å². The summed E-state index contributed by atoms with van der Waals surface area (Å²) >= 11 is 0. The molecule has 0 aliphatic rings. The first-order chi connectivity index (χ1) is 6.57. The average molecular weight is 192 g/mol. The maximum absolute atomic E-state index is 9.57. The van der Waals surface area contributed by atoms with Crippen LogP contribution in [0.3, 0.4) is 0 Å². The van der Waals surface area contributed by atoms with Crippen molar-refractivity contribution in [2.45, 2.75) is 19.1 Å². The molecule has 2 atom stereocenters. The minimum atomic E-state index is -1.42. The molecule has 2 unspecified atom stereocenters. The van der Waals surface area contributed by atoms with Crippen molar-refractivity contribution in [1.29, 1.82) is 5.26 Å². The summed E-state index contributed by atoms with van der Waals surface area (Å²) in [6, 6.07) is 6.58. The summed E-state index contributed by atoms with van der Waals surface area (Å²) in [7, 11) is 0. The maximum atomic E-state index is 9.57. The Kier molecular flexibility index (Phi) is 3.07. The van der Waals surface area contributed by atoms with Gasteiger partial charge in [-0.2, -0.15) is 5.26 Å². The van der Waals surface area contributed by atoms with E-state index in [4.69, 9.17) is 16.1 Å². The number of nitrogens with zero attached hydrogens (tertiary/aromatic N) is 1. The Bertz CT molecular complexity index is 371. The predicted molar refractivity (Wildman–Crippen MR) is 52.2 cm³/mol. The highest BCUT2D eigenvalue weighted by Crippen LogP contribution is 2.24. The molecule has 0 spiro atoms. The monoisotopic (exact) mass is 192 g/mol. The van der Waals surface area contributed by atoms with Crippen LogP contribution >= 0.6 is 0 Å². The lowest BCUT2D eigenvalue weighted by atomic mass is 9.99. The highest BCUT2D eigenvalue weighted by Gasteiger charge is 2.19. The van der Waals surface area contributed by atoms with Gasteiger partial charge in [-0.05, 0) is 24.1 Å². The number of benzene rings is 1. The Hall–Kier alpha value is -1.57. The number of hydrogen-bond donors (Lipinski definition) is 3. The number of nitrogen functional groups attached to an aromatic ring is 1. The van der Waals surface area contributed by atoms with E-state index in [1.807, 2.05) is 0 Å². The molecule has 1 aromatic rings. The molecule has 1 aromatic carbocycles. The van der Waals surface area contributed by atoms with Gasteiger partial charge in [-0.15, -0.1) is 0 Å². The zero-order chi connectivity index (χ0) is 10.7. The molecule has 0 fully saturated rings. The fraction of sp³-hybridized carbons (Fsp3) is 0.300. The first kappa shape index (κ1) is 10.5. The summed E-state index contributed by atoms with van der Waals surface area (Å²) < 4.78 is 0. The molecule has 0 radical (unpaired) electrons. The van der Waals surface area contributed by atoms with Crippen molar-refractivity contribution in [1.82, 2.24) is 0 Å². The first-order valence-electron chi connectivity index (χ1n) is 4.18. The van der Waals surface area contributed by atoms with Crippen molar-refractivity contribution in [2.75, 3.05) is 5.73 Å². The van der Waals surface area contributed by atoms with Crippen molar-refractivity contribution in [3.05, 3.63) is 29.3 Å². The van der Waals surface area contributed by atoms with Crippen LogP contribution in [0.15, 0.2) is 18.2 Å².